The van der Waals surface area contributed by atoms with Crippen molar-refractivity contribution >= 4 is 11.8 Å². The first kappa shape index (κ1) is 11.3. The third-order valence-electron chi connectivity index (χ3n) is 1.69. The fraction of sp³-hybridized carbons (Fsp3) is 0.364. The van der Waals surface area contributed by atoms with Crippen LogP contribution in [-0.2, 0) is 0 Å². The molecule has 0 saturated heterocycles. The standard InChI is InChI=1S/C11H16N2S/c1-3-12-8-10(2)9-14-11-6-4-5-7-13-11/h4-7,12H,2-3,8-9H2,1H3. The van der Waals surface area contributed by atoms with E-state index in [0.29, 0.717) is 0 Å². The van der Waals surface area contributed by atoms with Gasteiger partial charge in [0.15, 0.2) is 0 Å². The van der Waals surface area contributed by atoms with Crippen LogP contribution in [0.4, 0.5) is 0 Å². The topological polar surface area (TPSA) is 24.9 Å². The van der Waals surface area contributed by atoms with Gasteiger partial charge in [0.2, 0.25) is 0 Å². The van der Waals surface area contributed by atoms with Crippen molar-refractivity contribution in [3.8, 4) is 0 Å². The molecule has 1 aromatic heterocycles. The molecule has 0 spiro atoms. The summed E-state index contributed by atoms with van der Waals surface area (Å²) in [6.07, 6.45) is 1.81. The molecule has 0 radical (unpaired) electrons. The minimum atomic E-state index is 0.899. The molecule has 1 heterocycles. The second-order valence-electron chi connectivity index (χ2n) is 2.99. The molecule has 1 N–H and O–H groups in total. The number of nitrogens with zero attached hydrogens (tertiary/aromatic N) is 1. The monoisotopic (exact) mass is 208 g/mol. The van der Waals surface area contributed by atoms with Gasteiger partial charge >= 0.3 is 0 Å². The van der Waals surface area contributed by atoms with Crippen LogP contribution in [0, 0.1) is 0 Å². The number of nitrogens with one attached hydrogen (secondary N) is 1. The van der Waals surface area contributed by atoms with E-state index >= 15 is 0 Å². The number of aromatic nitrogens is 1. The van der Waals surface area contributed by atoms with E-state index in [9.17, 15) is 0 Å². The second kappa shape index (κ2) is 6.62. The van der Waals surface area contributed by atoms with Crippen molar-refractivity contribution in [3.63, 3.8) is 0 Å². The van der Waals surface area contributed by atoms with Crippen LogP contribution >= 0.6 is 11.8 Å². The fourth-order valence-corrected chi connectivity index (χ4v) is 1.73. The number of rotatable bonds is 6. The fourth-order valence-electron chi connectivity index (χ4n) is 0.961. The lowest BCUT2D eigenvalue weighted by Gasteiger charge is -2.04. The molecule has 0 aliphatic carbocycles. The highest BCUT2D eigenvalue weighted by Crippen LogP contribution is 2.16. The molecule has 0 aromatic carbocycles. The summed E-state index contributed by atoms with van der Waals surface area (Å²) in [7, 11) is 0. The zero-order valence-corrected chi connectivity index (χ0v) is 9.31. The minimum Gasteiger partial charge on any atom is -0.313 e. The van der Waals surface area contributed by atoms with Crippen molar-refractivity contribution < 1.29 is 0 Å². The van der Waals surface area contributed by atoms with Gasteiger partial charge in [0, 0.05) is 18.5 Å². The molecule has 0 unspecified atom stereocenters. The summed E-state index contributed by atoms with van der Waals surface area (Å²) < 4.78 is 0. The Kier molecular flexibility index (Phi) is 5.33. The summed E-state index contributed by atoms with van der Waals surface area (Å²) in [4.78, 5) is 4.23. The number of hydrogen-bond acceptors (Lipinski definition) is 3. The van der Waals surface area contributed by atoms with Crippen molar-refractivity contribution in [1.82, 2.24) is 10.3 Å². The summed E-state index contributed by atoms with van der Waals surface area (Å²) in [5.41, 5.74) is 1.21. The summed E-state index contributed by atoms with van der Waals surface area (Å²) in [6.45, 7) is 7.99. The Hall–Kier alpha value is -0.800. The first-order chi connectivity index (χ1) is 6.83. The maximum absolute atomic E-state index is 4.23. The van der Waals surface area contributed by atoms with Crippen LogP contribution in [0.2, 0.25) is 0 Å². The summed E-state index contributed by atoms with van der Waals surface area (Å²) >= 11 is 1.73. The van der Waals surface area contributed by atoms with Gasteiger partial charge in [-0.05, 0) is 18.7 Å². The Labute approximate surface area is 89.8 Å². The van der Waals surface area contributed by atoms with Crippen molar-refractivity contribution in [2.45, 2.75) is 11.9 Å². The van der Waals surface area contributed by atoms with E-state index in [2.05, 4.69) is 23.8 Å². The van der Waals surface area contributed by atoms with E-state index in [-0.39, 0.29) is 0 Å². The quantitative estimate of drug-likeness (QED) is 0.574. The average molecular weight is 208 g/mol. The molecule has 0 aliphatic rings. The second-order valence-corrected chi connectivity index (χ2v) is 3.98. The van der Waals surface area contributed by atoms with Gasteiger partial charge in [-0.3, -0.25) is 0 Å². The third-order valence-corrected chi connectivity index (χ3v) is 2.78. The van der Waals surface area contributed by atoms with Gasteiger partial charge in [0.25, 0.3) is 0 Å². The first-order valence-electron chi connectivity index (χ1n) is 4.74. The highest BCUT2D eigenvalue weighted by molar-refractivity contribution is 7.99. The molecule has 14 heavy (non-hydrogen) atoms. The Morgan fingerprint density at radius 1 is 1.57 bits per heavy atom. The maximum Gasteiger partial charge on any atom is 0.0962 e. The molecule has 3 heteroatoms. The lowest BCUT2D eigenvalue weighted by atomic mass is 10.3. The highest BCUT2D eigenvalue weighted by atomic mass is 32.2. The summed E-state index contributed by atoms with van der Waals surface area (Å²) in [6, 6.07) is 5.95. The normalized spacial score (nSPS) is 10.1. The number of likely N-dealkylation sites (N-methyl/N-ethyl adjacent to an activating group) is 1. The summed E-state index contributed by atoms with van der Waals surface area (Å²) in [5, 5.41) is 4.31. The molecule has 0 amide bonds. The van der Waals surface area contributed by atoms with Gasteiger partial charge in [-0.2, -0.15) is 0 Å². The van der Waals surface area contributed by atoms with Gasteiger partial charge in [0.1, 0.15) is 0 Å². The predicted molar refractivity (Wildman–Crippen MR) is 62.6 cm³/mol. The molecule has 0 bridgehead atoms. The van der Waals surface area contributed by atoms with Gasteiger partial charge in [-0.15, -0.1) is 11.8 Å². The van der Waals surface area contributed by atoms with Crippen LogP contribution in [0.25, 0.3) is 0 Å². The van der Waals surface area contributed by atoms with Gasteiger partial charge in [-0.25, -0.2) is 4.98 Å². The lowest BCUT2D eigenvalue weighted by molar-refractivity contribution is 0.779. The van der Waals surface area contributed by atoms with E-state index in [4.69, 9.17) is 0 Å². The first-order valence-corrected chi connectivity index (χ1v) is 5.72. The number of hydrogen-bond donors (Lipinski definition) is 1. The smallest absolute Gasteiger partial charge is 0.0962 e. The van der Waals surface area contributed by atoms with E-state index in [1.54, 1.807) is 11.8 Å². The number of pyridine rings is 1. The SMILES string of the molecule is C=C(CNCC)CSc1ccccn1. The zero-order valence-electron chi connectivity index (χ0n) is 8.49. The lowest BCUT2D eigenvalue weighted by Crippen LogP contribution is -2.16. The number of thioether (sulfide) groups is 1. The van der Waals surface area contributed by atoms with Gasteiger partial charge in [0.05, 0.1) is 5.03 Å². The predicted octanol–water partition coefficient (Wildman–Crippen LogP) is 2.34. The van der Waals surface area contributed by atoms with Crippen LogP contribution < -0.4 is 5.32 Å². The largest absolute Gasteiger partial charge is 0.313 e. The molecule has 1 aromatic rings. The van der Waals surface area contributed by atoms with E-state index in [1.807, 2.05) is 24.4 Å². The van der Waals surface area contributed by atoms with E-state index < -0.39 is 0 Å². The molecule has 2 nitrogen and oxygen atoms in total. The Morgan fingerprint density at radius 3 is 3.07 bits per heavy atom. The van der Waals surface area contributed by atoms with Crippen LogP contribution in [-0.4, -0.2) is 23.8 Å². The van der Waals surface area contributed by atoms with E-state index in [0.717, 1.165) is 23.9 Å². The van der Waals surface area contributed by atoms with Crippen LogP contribution in [0.1, 0.15) is 6.92 Å². The molecular formula is C11H16N2S. The molecule has 0 aliphatic heterocycles. The molecular weight excluding hydrogens is 192 g/mol. The minimum absolute atomic E-state index is 0.899. The molecule has 1 rings (SSSR count). The van der Waals surface area contributed by atoms with Crippen LogP contribution in [0.15, 0.2) is 41.6 Å². The maximum atomic E-state index is 4.23. The van der Waals surface area contributed by atoms with Crippen molar-refractivity contribution in [2.24, 2.45) is 0 Å². The summed E-state index contributed by atoms with van der Waals surface area (Å²) in [5.74, 6) is 0.935. The Balaban J connectivity index is 2.24. The van der Waals surface area contributed by atoms with Gasteiger partial charge < -0.3 is 5.32 Å². The molecule has 76 valence electrons. The Morgan fingerprint density at radius 2 is 2.43 bits per heavy atom. The highest BCUT2D eigenvalue weighted by Gasteiger charge is 1.96. The average Bonchev–Trinajstić information content (AvgIpc) is 2.25. The van der Waals surface area contributed by atoms with Gasteiger partial charge in [-0.1, -0.05) is 25.1 Å². The van der Waals surface area contributed by atoms with Crippen molar-refractivity contribution in [3.05, 3.63) is 36.5 Å². The van der Waals surface area contributed by atoms with Crippen molar-refractivity contribution in [2.75, 3.05) is 18.8 Å². The van der Waals surface area contributed by atoms with Crippen molar-refractivity contribution in [1.29, 1.82) is 0 Å². The van der Waals surface area contributed by atoms with E-state index in [1.165, 1.54) is 5.57 Å². The van der Waals surface area contributed by atoms with Crippen LogP contribution in [0.5, 0.6) is 0 Å². The Bertz CT molecular complexity index is 272. The van der Waals surface area contributed by atoms with Crippen LogP contribution in [0.3, 0.4) is 0 Å². The molecule has 0 atom stereocenters. The zero-order chi connectivity index (χ0) is 10.2. The molecule has 0 fully saturated rings. The third kappa shape index (κ3) is 4.44. The molecule has 0 saturated carbocycles.